The van der Waals surface area contributed by atoms with Crippen LogP contribution in [0.25, 0.3) is 0 Å². The highest BCUT2D eigenvalue weighted by atomic mass is 16.5. The van der Waals surface area contributed by atoms with Gasteiger partial charge in [0.2, 0.25) is 0 Å². The van der Waals surface area contributed by atoms with Crippen LogP contribution in [0, 0.1) is 5.92 Å². The molecule has 2 rings (SSSR count). The maximum atomic E-state index is 5.47. The molecule has 0 bridgehead atoms. The number of aromatic nitrogens is 2. The van der Waals surface area contributed by atoms with Gasteiger partial charge >= 0.3 is 0 Å². The average Bonchev–Trinajstić information content (AvgIpc) is 2.46. The van der Waals surface area contributed by atoms with Crippen LogP contribution < -0.4 is 16.6 Å². The maximum absolute atomic E-state index is 5.47. The molecule has 0 amide bonds. The average molecular weight is 265 g/mol. The molecule has 1 unspecified atom stereocenters. The van der Waals surface area contributed by atoms with E-state index in [1.165, 1.54) is 6.42 Å². The van der Waals surface area contributed by atoms with E-state index in [0.29, 0.717) is 11.7 Å². The zero-order chi connectivity index (χ0) is 13.5. The Morgan fingerprint density at radius 2 is 2.26 bits per heavy atom. The summed E-state index contributed by atoms with van der Waals surface area (Å²) in [6.07, 6.45) is 4.23. The summed E-state index contributed by atoms with van der Waals surface area (Å²) in [5, 5.41) is 3.36. The molecule has 0 saturated carbocycles. The molecule has 1 atom stereocenters. The van der Waals surface area contributed by atoms with Crippen molar-refractivity contribution in [1.29, 1.82) is 0 Å². The Balaban J connectivity index is 1.95. The Hall–Kier alpha value is -1.40. The van der Waals surface area contributed by atoms with Crippen LogP contribution in [-0.4, -0.2) is 29.7 Å². The van der Waals surface area contributed by atoms with E-state index in [1.54, 1.807) is 0 Å². The van der Waals surface area contributed by atoms with E-state index in [0.717, 1.165) is 50.7 Å². The van der Waals surface area contributed by atoms with Crippen LogP contribution in [0.2, 0.25) is 0 Å². The second-order valence-electron chi connectivity index (χ2n) is 4.91. The topological polar surface area (TPSA) is 85.1 Å². The minimum absolute atomic E-state index is 0.563. The van der Waals surface area contributed by atoms with E-state index in [4.69, 9.17) is 10.6 Å². The van der Waals surface area contributed by atoms with Crippen molar-refractivity contribution in [3.8, 4) is 0 Å². The van der Waals surface area contributed by atoms with Crippen LogP contribution >= 0.6 is 0 Å². The molecule has 1 aromatic rings. The third kappa shape index (κ3) is 4.33. The summed E-state index contributed by atoms with van der Waals surface area (Å²) in [4.78, 5) is 8.82. The lowest BCUT2D eigenvalue weighted by Crippen LogP contribution is -2.25. The van der Waals surface area contributed by atoms with Gasteiger partial charge in [0.05, 0.1) is 6.61 Å². The second kappa shape index (κ2) is 7.25. The second-order valence-corrected chi connectivity index (χ2v) is 4.91. The molecule has 0 radical (unpaired) electrons. The first-order valence-electron chi connectivity index (χ1n) is 6.98. The summed E-state index contributed by atoms with van der Waals surface area (Å²) in [6, 6.07) is 1.84. The fraction of sp³-hybridized carbons (Fsp3) is 0.692. The monoisotopic (exact) mass is 265 g/mol. The number of nitrogens with zero attached hydrogens (tertiary/aromatic N) is 2. The number of nitrogens with one attached hydrogen (secondary N) is 2. The number of nitrogen functional groups attached to an aromatic ring is 1. The first-order valence-corrected chi connectivity index (χ1v) is 6.98. The number of nitrogens with two attached hydrogens (primary N) is 1. The molecule has 19 heavy (non-hydrogen) atoms. The van der Waals surface area contributed by atoms with Crippen molar-refractivity contribution in [2.75, 3.05) is 30.5 Å². The largest absolute Gasteiger partial charge is 0.381 e. The third-order valence-corrected chi connectivity index (χ3v) is 3.22. The lowest BCUT2D eigenvalue weighted by atomic mass is 10.0. The number of rotatable bonds is 6. The standard InChI is InChI=1S/C13H23N5O/c1-2-4-11-16-12(7-13(17-11)18-14)15-8-10-5-3-6-19-9-10/h7,10H,2-6,8-9,14H2,1H3,(H2,15,16,17,18). The molecule has 1 aliphatic rings. The van der Waals surface area contributed by atoms with Gasteiger partial charge in [-0.15, -0.1) is 0 Å². The SMILES string of the molecule is CCCc1nc(NN)cc(NCC2CCCOC2)n1. The molecule has 1 fully saturated rings. The Morgan fingerprint density at radius 1 is 1.42 bits per heavy atom. The van der Waals surface area contributed by atoms with Crippen LogP contribution in [0.5, 0.6) is 0 Å². The van der Waals surface area contributed by atoms with Crippen molar-refractivity contribution < 1.29 is 4.74 Å². The fourth-order valence-corrected chi connectivity index (χ4v) is 2.21. The predicted molar refractivity (Wildman–Crippen MR) is 75.9 cm³/mol. The van der Waals surface area contributed by atoms with Crippen molar-refractivity contribution >= 4 is 11.6 Å². The van der Waals surface area contributed by atoms with Gasteiger partial charge in [0.15, 0.2) is 0 Å². The Labute approximate surface area is 114 Å². The quantitative estimate of drug-likeness (QED) is 0.534. The molecule has 6 heteroatoms. The van der Waals surface area contributed by atoms with Gasteiger partial charge < -0.3 is 15.5 Å². The van der Waals surface area contributed by atoms with Crippen molar-refractivity contribution in [1.82, 2.24) is 9.97 Å². The minimum Gasteiger partial charge on any atom is -0.381 e. The van der Waals surface area contributed by atoms with Crippen LogP contribution in [0.4, 0.5) is 11.6 Å². The van der Waals surface area contributed by atoms with Gasteiger partial charge in [0, 0.05) is 25.6 Å². The van der Waals surface area contributed by atoms with Crippen LogP contribution in [0.3, 0.4) is 0 Å². The number of anilines is 2. The highest BCUT2D eigenvalue weighted by Crippen LogP contribution is 2.16. The minimum atomic E-state index is 0.563. The van der Waals surface area contributed by atoms with Gasteiger partial charge in [-0.05, 0) is 25.2 Å². The smallest absolute Gasteiger partial charge is 0.145 e. The number of hydrogen-bond acceptors (Lipinski definition) is 6. The lowest BCUT2D eigenvalue weighted by Gasteiger charge is -2.22. The lowest BCUT2D eigenvalue weighted by molar-refractivity contribution is 0.0595. The fourth-order valence-electron chi connectivity index (χ4n) is 2.21. The van der Waals surface area contributed by atoms with Gasteiger partial charge in [-0.2, -0.15) is 0 Å². The summed E-state index contributed by atoms with van der Waals surface area (Å²) >= 11 is 0. The number of hydrogen-bond donors (Lipinski definition) is 3. The molecule has 106 valence electrons. The molecule has 1 aromatic heterocycles. The molecule has 2 heterocycles. The van der Waals surface area contributed by atoms with Gasteiger partial charge in [0.1, 0.15) is 17.5 Å². The molecule has 4 N–H and O–H groups in total. The molecule has 0 aliphatic carbocycles. The summed E-state index contributed by atoms with van der Waals surface area (Å²) in [7, 11) is 0. The molecule has 1 aliphatic heterocycles. The zero-order valence-corrected chi connectivity index (χ0v) is 11.5. The van der Waals surface area contributed by atoms with Crippen molar-refractivity contribution in [2.45, 2.75) is 32.6 Å². The predicted octanol–water partition coefficient (Wildman–Crippen LogP) is 1.55. The Kier molecular flexibility index (Phi) is 5.35. The van der Waals surface area contributed by atoms with Gasteiger partial charge in [-0.3, -0.25) is 0 Å². The van der Waals surface area contributed by atoms with E-state index in [1.807, 2.05) is 6.07 Å². The van der Waals surface area contributed by atoms with Gasteiger partial charge in [-0.1, -0.05) is 6.92 Å². The van der Waals surface area contributed by atoms with Crippen LogP contribution in [0.15, 0.2) is 6.07 Å². The Bertz CT molecular complexity index is 393. The number of ether oxygens (including phenoxy) is 1. The molecule has 0 aromatic carbocycles. The van der Waals surface area contributed by atoms with E-state index in [9.17, 15) is 0 Å². The summed E-state index contributed by atoms with van der Waals surface area (Å²) in [6.45, 7) is 4.72. The summed E-state index contributed by atoms with van der Waals surface area (Å²) in [5.41, 5.74) is 2.59. The number of hydrazine groups is 1. The summed E-state index contributed by atoms with van der Waals surface area (Å²) < 4.78 is 5.47. The maximum Gasteiger partial charge on any atom is 0.145 e. The highest BCUT2D eigenvalue weighted by molar-refractivity contribution is 5.46. The molecule has 0 spiro atoms. The van der Waals surface area contributed by atoms with Crippen molar-refractivity contribution in [2.24, 2.45) is 11.8 Å². The Morgan fingerprint density at radius 3 is 2.95 bits per heavy atom. The normalized spacial score (nSPS) is 19.2. The third-order valence-electron chi connectivity index (χ3n) is 3.22. The van der Waals surface area contributed by atoms with E-state index < -0.39 is 0 Å². The van der Waals surface area contributed by atoms with Crippen molar-refractivity contribution in [3.05, 3.63) is 11.9 Å². The van der Waals surface area contributed by atoms with Gasteiger partial charge in [-0.25, -0.2) is 15.8 Å². The first kappa shape index (κ1) is 14.0. The van der Waals surface area contributed by atoms with Crippen LogP contribution in [-0.2, 0) is 11.2 Å². The highest BCUT2D eigenvalue weighted by Gasteiger charge is 2.14. The zero-order valence-electron chi connectivity index (χ0n) is 11.5. The van der Waals surface area contributed by atoms with Crippen LogP contribution in [0.1, 0.15) is 32.0 Å². The summed E-state index contributed by atoms with van der Waals surface area (Å²) in [5.74, 6) is 8.30. The molecule has 6 nitrogen and oxygen atoms in total. The first-order chi connectivity index (χ1) is 9.31. The van der Waals surface area contributed by atoms with E-state index in [-0.39, 0.29) is 0 Å². The molecular weight excluding hydrogens is 242 g/mol. The molecular formula is C13H23N5O. The van der Waals surface area contributed by atoms with Crippen molar-refractivity contribution in [3.63, 3.8) is 0 Å². The number of aryl methyl sites for hydroxylation is 1. The van der Waals surface area contributed by atoms with E-state index in [2.05, 4.69) is 27.6 Å². The molecule has 1 saturated heterocycles. The van der Waals surface area contributed by atoms with E-state index >= 15 is 0 Å². The van der Waals surface area contributed by atoms with Gasteiger partial charge in [0.25, 0.3) is 0 Å².